The first-order valence-electron chi connectivity index (χ1n) is 7.12. The zero-order valence-corrected chi connectivity index (χ0v) is 12.9. The Hall–Kier alpha value is -2.54. The Morgan fingerprint density at radius 2 is 2.00 bits per heavy atom. The first-order valence-corrected chi connectivity index (χ1v) is 8.10. The lowest BCUT2D eigenvalue weighted by molar-refractivity contribution is 0.0686. The number of para-hydroxylation sites is 2. The number of aromatic nitrogens is 3. The molecule has 1 aliphatic heterocycles. The third kappa shape index (κ3) is 3.14. The fourth-order valence-corrected chi connectivity index (χ4v) is 2.88. The summed E-state index contributed by atoms with van der Waals surface area (Å²) in [5.41, 5.74) is 1.10. The molecule has 0 spiro atoms. The second-order valence-electron chi connectivity index (χ2n) is 4.92. The van der Waals surface area contributed by atoms with E-state index in [9.17, 15) is 0 Å². The second kappa shape index (κ2) is 6.29. The van der Waals surface area contributed by atoms with Crippen molar-refractivity contribution in [2.75, 3.05) is 6.61 Å². The van der Waals surface area contributed by atoms with E-state index in [-0.39, 0.29) is 6.10 Å². The van der Waals surface area contributed by atoms with Crippen molar-refractivity contribution in [3.63, 3.8) is 0 Å². The molecular weight excluding hydrogens is 314 g/mol. The summed E-state index contributed by atoms with van der Waals surface area (Å²) in [6, 6.07) is 11.4. The van der Waals surface area contributed by atoms with E-state index in [1.807, 2.05) is 42.6 Å². The molecule has 0 fully saturated rings. The number of benzene rings is 1. The summed E-state index contributed by atoms with van der Waals surface area (Å²) in [5, 5.41) is 8.63. The number of nitrogens with zero attached hydrogens (tertiary/aromatic N) is 3. The number of ether oxygens (including phenoxy) is 2. The Kier molecular flexibility index (Phi) is 3.85. The summed E-state index contributed by atoms with van der Waals surface area (Å²) in [5.74, 6) is 2.56. The lowest BCUT2D eigenvalue weighted by atomic mass is 10.2. The summed E-state index contributed by atoms with van der Waals surface area (Å²) in [6.07, 6.45) is 3.18. The van der Waals surface area contributed by atoms with Gasteiger partial charge in [0.15, 0.2) is 11.5 Å². The molecule has 0 saturated heterocycles. The van der Waals surface area contributed by atoms with Crippen LogP contribution in [0.1, 0.15) is 17.6 Å². The standard InChI is InChI=1S/C16H13N3O3S/c1-2-6-13-12(5-1)20-9-14(21-13)15-18-19-16(22-15)23-10-11-4-3-7-17-8-11/h1-8,14H,9-10H2. The van der Waals surface area contributed by atoms with Gasteiger partial charge in [-0.25, -0.2) is 0 Å². The van der Waals surface area contributed by atoms with E-state index < -0.39 is 0 Å². The maximum atomic E-state index is 5.85. The molecule has 6 nitrogen and oxygen atoms in total. The molecular formula is C16H13N3O3S. The highest BCUT2D eigenvalue weighted by Crippen LogP contribution is 2.36. The van der Waals surface area contributed by atoms with Crippen molar-refractivity contribution < 1.29 is 13.9 Å². The van der Waals surface area contributed by atoms with Crippen LogP contribution in [-0.2, 0) is 5.75 Å². The summed E-state index contributed by atoms with van der Waals surface area (Å²) in [6.45, 7) is 0.353. The molecule has 0 saturated carbocycles. The zero-order chi connectivity index (χ0) is 15.5. The third-order valence-corrected chi connectivity index (χ3v) is 4.18. The highest BCUT2D eigenvalue weighted by Gasteiger charge is 2.27. The predicted octanol–water partition coefficient (Wildman–Crippen LogP) is 3.27. The van der Waals surface area contributed by atoms with Crippen LogP contribution in [0.2, 0.25) is 0 Å². The van der Waals surface area contributed by atoms with Crippen LogP contribution in [0.3, 0.4) is 0 Å². The van der Waals surface area contributed by atoms with Crippen LogP contribution in [0.4, 0.5) is 0 Å². The number of thioether (sulfide) groups is 1. The summed E-state index contributed by atoms with van der Waals surface area (Å²) in [4.78, 5) is 4.08. The maximum absolute atomic E-state index is 5.85. The SMILES string of the molecule is c1cncc(CSc2nnc(C3COc4ccccc4O3)o2)c1. The molecule has 1 aliphatic rings. The van der Waals surface area contributed by atoms with E-state index in [1.54, 1.807) is 6.20 Å². The van der Waals surface area contributed by atoms with Gasteiger partial charge in [-0.1, -0.05) is 30.0 Å². The van der Waals surface area contributed by atoms with E-state index in [0.717, 1.165) is 17.1 Å². The maximum Gasteiger partial charge on any atom is 0.277 e. The lowest BCUT2D eigenvalue weighted by Gasteiger charge is -2.23. The van der Waals surface area contributed by atoms with Crippen molar-refractivity contribution in [1.82, 2.24) is 15.2 Å². The minimum absolute atomic E-state index is 0.353. The topological polar surface area (TPSA) is 70.3 Å². The molecule has 23 heavy (non-hydrogen) atoms. The predicted molar refractivity (Wildman–Crippen MR) is 83.4 cm³/mol. The van der Waals surface area contributed by atoms with Gasteiger partial charge in [-0.05, 0) is 23.8 Å². The van der Waals surface area contributed by atoms with Crippen LogP contribution in [0.25, 0.3) is 0 Å². The highest BCUT2D eigenvalue weighted by molar-refractivity contribution is 7.98. The molecule has 0 bridgehead atoms. The van der Waals surface area contributed by atoms with Gasteiger partial charge < -0.3 is 13.9 Å². The monoisotopic (exact) mass is 327 g/mol. The number of hydrogen-bond donors (Lipinski definition) is 0. The molecule has 1 atom stereocenters. The molecule has 0 radical (unpaired) electrons. The highest BCUT2D eigenvalue weighted by atomic mass is 32.2. The van der Waals surface area contributed by atoms with Gasteiger partial charge in [0.25, 0.3) is 11.1 Å². The minimum atomic E-state index is -0.384. The molecule has 3 heterocycles. The summed E-state index contributed by atoms with van der Waals surface area (Å²) in [7, 11) is 0. The van der Waals surface area contributed by atoms with Crippen LogP contribution in [0.15, 0.2) is 58.4 Å². The molecule has 1 unspecified atom stereocenters. The van der Waals surface area contributed by atoms with Crippen LogP contribution in [0, 0.1) is 0 Å². The van der Waals surface area contributed by atoms with E-state index in [0.29, 0.717) is 23.5 Å². The van der Waals surface area contributed by atoms with Crippen molar-refractivity contribution in [2.24, 2.45) is 0 Å². The molecule has 0 amide bonds. The van der Waals surface area contributed by atoms with E-state index >= 15 is 0 Å². The quantitative estimate of drug-likeness (QED) is 0.681. The van der Waals surface area contributed by atoms with Gasteiger partial charge in [-0.15, -0.1) is 10.2 Å². The Labute approximate surface area is 136 Å². The minimum Gasteiger partial charge on any atom is -0.485 e. The van der Waals surface area contributed by atoms with Gasteiger partial charge in [0.1, 0.15) is 6.61 Å². The molecule has 116 valence electrons. The van der Waals surface area contributed by atoms with Gasteiger partial charge in [0.2, 0.25) is 6.10 Å². The average molecular weight is 327 g/mol. The number of fused-ring (bicyclic) bond motifs is 1. The zero-order valence-electron chi connectivity index (χ0n) is 12.1. The van der Waals surface area contributed by atoms with Gasteiger partial charge >= 0.3 is 0 Å². The molecule has 3 aromatic rings. The number of rotatable bonds is 4. The molecule has 4 rings (SSSR count). The Balaban J connectivity index is 1.42. The summed E-state index contributed by atoms with van der Waals surface area (Å²) >= 11 is 1.47. The largest absolute Gasteiger partial charge is 0.485 e. The molecule has 0 N–H and O–H groups in total. The normalized spacial score (nSPS) is 16.3. The number of pyridine rings is 1. The second-order valence-corrected chi connectivity index (χ2v) is 5.85. The Morgan fingerprint density at radius 1 is 1.09 bits per heavy atom. The third-order valence-electron chi connectivity index (χ3n) is 3.29. The average Bonchev–Trinajstić information content (AvgIpc) is 3.09. The molecule has 1 aromatic carbocycles. The Bertz CT molecular complexity index is 794. The van der Waals surface area contributed by atoms with Gasteiger partial charge in [-0.2, -0.15) is 0 Å². The van der Waals surface area contributed by atoms with E-state index in [4.69, 9.17) is 13.9 Å². The molecule has 0 aliphatic carbocycles. The first-order chi connectivity index (χ1) is 11.4. The molecule has 7 heteroatoms. The first kappa shape index (κ1) is 14.1. The van der Waals surface area contributed by atoms with Crippen molar-refractivity contribution in [2.45, 2.75) is 17.1 Å². The van der Waals surface area contributed by atoms with Gasteiger partial charge in [-0.3, -0.25) is 4.98 Å². The van der Waals surface area contributed by atoms with E-state index in [2.05, 4.69) is 15.2 Å². The van der Waals surface area contributed by atoms with Crippen molar-refractivity contribution in [3.8, 4) is 11.5 Å². The smallest absolute Gasteiger partial charge is 0.277 e. The van der Waals surface area contributed by atoms with Crippen molar-refractivity contribution in [1.29, 1.82) is 0 Å². The number of hydrogen-bond acceptors (Lipinski definition) is 7. The fraction of sp³-hybridized carbons (Fsp3) is 0.188. The van der Waals surface area contributed by atoms with Crippen LogP contribution in [0.5, 0.6) is 11.5 Å². The van der Waals surface area contributed by atoms with Crippen LogP contribution >= 0.6 is 11.8 Å². The summed E-state index contributed by atoms with van der Waals surface area (Å²) < 4.78 is 17.2. The molecule has 2 aromatic heterocycles. The van der Waals surface area contributed by atoms with Crippen LogP contribution in [-0.4, -0.2) is 21.8 Å². The van der Waals surface area contributed by atoms with Crippen molar-refractivity contribution >= 4 is 11.8 Å². The van der Waals surface area contributed by atoms with Crippen molar-refractivity contribution in [3.05, 3.63) is 60.2 Å². The van der Waals surface area contributed by atoms with Gasteiger partial charge in [0.05, 0.1) is 0 Å². The Morgan fingerprint density at radius 3 is 2.87 bits per heavy atom. The lowest BCUT2D eigenvalue weighted by Crippen LogP contribution is -2.21. The van der Waals surface area contributed by atoms with E-state index in [1.165, 1.54) is 11.8 Å². The van der Waals surface area contributed by atoms with Gasteiger partial charge in [0, 0.05) is 18.1 Å². The fourth-order valence-electron chi connectivity index (χ4n) is 2.18. The van der Waals surface area contributed by atoms with Crippen LogP contribution < -0.4 is 9.47 Å².